The minimum absolute atomic E-state index is 0.202. The molecule has 0 atom stereocenters. The van der Waals surface area contributed by atoms with Gasteiger partial charge < -0.3 is 15.4 Å². The van der Waals surface area contributed by atoms with Crippen molar-refractivity contribution in [2.45, 2.75) is 13.0 Å². The van der Waals surface area contributed by atoms with E-state index in [9.17, 15) is 10.1 Å². The lowest BCUT2D eigenvalue weighted by Gasteiger charge is -2.11. The molecule has 0 radical (unpaired) electrons. The molecule has 0 fully saturated rings. The molecule has 0 bridgehead atoms. The lowest BCUT2D eigenvalue weighted by Crippen LogP contribution is -2.22. The van der Waals surface area contributed by atoms with Gasteiger partial charge in [-0.15, -0.1) is 22.7 Å². The standard InChI is InChI=1S/C14H13N3O2S2/c1-19-8-4-11(20-7-8)13(18)17-14-10(5-15)9-2-3-16-6-12(9)21-14/h4,7,16H,2-3,6H2,1H3,(H,17,18). The molecule has 1 amide bonds. The van der Waals surface area contributed by atoms with E-state index in [0.29, 0.717) is 21.2 Å². The van der Waals surface area contributed by atoms with E-state index in [0.717, 1.165) is 30.0 Å². The third-order valence-corrected chi connectivity index (χ3v) is 5.36. The lowest BCUT2D eigenvalue weighted by molar-refractivity contribution is 0.103. The van der Waals surface area contributed by atoms with Crippen LogP contribution in [0.15, 0.2) is 11.4 Å². The summed E-state index contributed by atoms with van der Waals surface area (Å²) < 4.78 is 5.08. The van der Waals surface area contributed by atoms with Crippen LogP contribution in [0.25, 0.3) is 0 Å². The molecule has 2 aromatic heterocycles. The summed E-state index contributed by atoms with van der Waals surface area (Å²) in [4.78, 5) is 14.0. The van der Waals surface area contributed by atoms with E-state index in [4.69, 9.17) is 4.74 Å². The van der Waals surface area contributed by atoms with Crippen molar-refractivity contribution in [1.29, 1.82) is 5.26 Å². The highest BCUT2D eigenvalue weighted by Gasteiger charge is 2.22. The maximum absolute atomic E-state index is 12.2. The monoisotopic (exact) mass is 319 g/mol. The van der Waals surface area contributed by atoms with E-state index in [1.165, 1.54) is 22.7 Å². The van der Waals surface area contributed by atoms with Crippen LogP contribution >= 0.6 is 22.7 Å². The molecule has 5 nitrogen and oxygen atoms in total. The Hall–Kier alpha value is -1.88. The topological polar surface area (TPSA) is 74.1 Å². The zero-order chi connectivity index (χ0) is 14.8. The minimum atomic E-state index is -0.202. The molecule has 0 aromatic carbocycles. The third-order valence-electron chi connectivity index (χ3n) is 3.30. The summed E-state index contributed by atoms with van der Waals surface area (Å²) in [5.74, 6) is 0.465. The summed E-state index contributed by atoms with van der Waals surface area (Å²) in [6, 6.07) is 3.92. The average molecular weight is 319 g/mol. The van der Waals surface area contributed by atoms with E-state index < -0.39 is 0 Å². The molecule has 1 aliphatic heterocycles. The fourth-order valence-corrected chi connectivity index (χ4v) is 4.16. The van der Waals surface area contributed by atoms with Crippen molar-refractivity contribution in [2.24, 2.45) is 0 Å². The van der Waals surface area contributed by atoms with E-state index in [-0.39, 0.29) is 5.91 Å². The van der Waals surface area contributed by atoms with Crippen LogP contribution in [0.5, 0.6) is 5.75 Å². The fourth-order valence-electron chi connectivity index (χ4n) is 2.25. The average Bonchev–Trinajstić information content (AvgIpc) is 3.11. The van der Waals surface area contributed by atoms with Gasteiger partial charge in [0.1, 0.15) is 16.8 Å². The van der Waals surface area contributed by atoms with Crippen LogP contribution in [0.3, 0.4) is 0 Å². The number of nitriles is 1. The molecule has 0 saturated heterocycles. The van der Waals surface area contributed by atoms with Crippen molar-refractivity contribution in [3.63, 3.8) is 0 Å². The number of ether oxygens (including phenoxy) is 1. The first-order valence-electron chi connectivity index (χ1n) is 6.42. The molecule has 2 N–H and O–H groups in total. The second-order valence-corrected chi connectivity index (χ2v) is 6.57. The summed E-state index contributed by atoms with van der Waals surface area (Å²) in [7, 11) is 1.57. The van der Waals surface area contributed by atoms with Crippen molar-refractivity contribution in [3.8, 4) is 11.8 Å². The number of nitrogens with one attached hydrogen (secondary N) is 2. The normalized spacial score (nSPS) is 13.3. The van der Waals surface area contributed by atoms with Crippen LogP contribution in [-0.2, 0) is 13.0 Å². The zero-order valence-electron chi connectivity index (χ0n) is 11.4. The number of carbonyl (C=O) groups is 1. The number of anilines is 1. The van der Waals surface area contributed by atoms with Crippen LogP contribution in [-0.4, -0.2) is 19.6 Å². The Bertz CT molecular complexity index is 727. The van der Waals surface area contributed by atoms with Crippen LogP contribution < -0.4 is 15.4 Å². The second-order valence-electron chi connectivity index (χ2n) is 4.55. The van der Waals surface area contributed by atoms with E-state index in [1.807, 2.05) is 0 Å². The molecule has 7 heteroatoms. The highest BCUT2D eigenvalue weighted by molar-refractivity contribution is 7.17. The van der Waals surface area contributed by atoms with Gasteiger partial charge >= 0.3 is 0 Å². The molecule has 3 rings (SSSR count). The lowest BCUT2D eigenvalue weighted by atomic mass is 10.1. The number of rotatable bonds is 3. The van der Waals surface area contributed by atoms with Crippen molar-refractivity contribution >= 4 is 33.6 Å². The second kappa shape index (κ2) is 5.85. The Kier molecular flexibility index (Phi) is 3.92. The molecule has 108 valence electrons. The largest absolute Gasteiger partial charge is 0.496 e. The van der Waals surface area contributed by atoms with Gasteiger partial charge in [-0.25, -0.2) is 0 Å². The van der Waals surface area contributed by atoms with Crippen molar-refractivity contribution < 1.29 is 9.53 Å². The maximum Gasteiger partial charge on any atom is 0.266 e. The molecule has 3 heterocycles. The number of amides is 1. The predicted octanol–water partition coefficient (Wildman–Crippen LogP) is 2.59. The number of hydrogen-bond donors (Lipinski definition) is 2. The number of methoxy groups -OCH3 is 1. The van der Waals surface area contributed by atoms with Gasteiger partial charge in [-0.2, -0.15) is 5.26 Å². The Morgan fingerprint density at radius 3 is 3.14 bits per heavy atom. The first-order valence-corrected chi connectivity index (χ1v) is 8.11. The summed E-state index contributed by atoms with van der Waals surface area (Å²) >= 11 is 2.80. The van der Waals surface area contributed by atoms with Gasteiger partial charge in [-0.05, 0) is 18.5 Å². The zero-order valence-corrected chi connectivity index (χ0v) is 13.0. The van der Waals surface area contributed by atoms with Crippen LogP contribution in [0.4, 0.5) is 5.00 Å². The summed E-state index contributed by atoms with van der Waals surface area (Å²) in [6.07, 6.45) is 0.831. The first kappa shape index (κ1) is 14.1. The molecule has 0 saturated carbocycles. The molecule has 21 heavy (non-hydrogen) atoms. The van der Waals surface area contributed by atoms with Gasteiger partial charge in [0.25, 0.3) is 5.91 Å². The Labute approximate surface area is 130 Å². The number of thiophene rings is 2. The molecule has 0 spiro atoms. The van der Waals surface area contributed by atoms with E-state index >= 15 is 0 Å². The van der Waals surface area contributed by atoms with E-state index in [2.05, 4.69) is 16.7 Å². The van der Waals surface area contributed by atoms with Crippen LogP contribution in [0.2, 0.25) is 0 Å². The van der Waals surface area contributed by atoms with Gasteiger partial charge in [-0.3, -0.25) is 4.79 Å². The number of hydrogen-bond acceptors (Lipinski definition) is 6. The molecular formula is C14H13N3O2S2. The molecule has 0 unspecified atom stereocenters. The number of carbonyl (C=O) groups excluding carboxylic acids is 1. The van der Waals surface area contributed by atoms with Crippen molar-refractivity contribution in [3.05, 3.63) is 32.3 Å². The number of fused-ring (bicyclic) bond motifs is 1. The van der Waals surface area contributed by atoms with Gasteiger partial charge in [0, 0.05) is 22.9 Å². The van der Waals surface area contributed by atoms with Gasteiger partial charge in [-0.1, -0.05) is 0 Å². The van der Waals surface area contributed by atoms with E-state index in [1.54, 1.807) is 18.6 Å². The first-order chi connectivity index (χ1) is 10.2. The third kappa shape index (κ3) is 2.65. The minimum Gasteiger partial charge on any atom is -0.496 e. The quantitative estimate of drug-likeness (QED) is 0.912. The van der Waals surface area contributed by atoms with Gasteiger partial charge in [0.15, 0.2) is 0 Å². The predicted molar refractivity (Wildman–Crippen MR) is 83.3 cm³/mol. The van der Waals surface area contributed by atoms with Gasteiger partial charge in [0.2, 0.25) is 0 Å². The highest BCUT2D eigenvalue weighted by atomic mass is 32.1. The molecule has 0 aliphatic carbocycles. The summed E-state index contributed by atoms with van der Waals surface area (Å²) in [5.41, 5.74) is 1.67. The van der Waals surface area contributed by atoms with Gasteiger partial charge in [0.05, 0.1) is 17.6 Å². The molecule has 2 aromatic rings. The smallest absolute Gasteiger partial charge is 0.266 e. The highest BCUT2D eigenvalue weighted by Crippen LogP contribution is 2.35. The summed E-state index contributed by atoms with van der Waals surface area (Å²) in [6.45, 7) is 1.63. The molecular weight excluding hydrogens is 306 g/mol. The Balaban J connectivity index is 1.86. The Morgan fingerprint density at radius 1 is 1.57 bits per heavy atom. The number of nitrogens with zero attached hydrogens (tertiary/aromatic N) is 1. The summed E-state index contributed by atoms with van der Waals surface area (Å²) in [5, 5.41) is 17.9. The Morgan fingerprint density at radius 2 is 2.43 bits per heavy atom. The van der Waals surface area contributed by atoms with Crippen molar-refractivity contribution in [2.75, 3.05) is 19.0 Å². The SMILES string of the molecule is COc1csc(C(=O)Nc2sc3c(c2C#N)CCNC3)c1. The molecule has 1 aliphatic rings. The van der Waals surface area contributed by atoms with Crippen LogP contribution in [0, 0.1) is 11.3 Å². The fraction of sp³-hybridized carbons (Fsp3) is 0.286. The maximum atomic E-state index is 12.2. The van der Waals surface area contributed by atoms with Crippen molar-refractivity contribution in [1.82, 2.24) is 5.32 Å². The van der Waals surface area contributed by atoms with Crippen LogP contribution in [0.1, 0.15) is 25.7 Å².